The molecule has 0 aliphatic carbocycles. The van der Waals surface area contributed by atoms with Crippen LogP contribution in [0, 0.1) is 5.92 Å². The van der Waals surface area contributed by atoms with Crippen LogP contribution in [0.25, 0.3) is 0 Å². The third kappa shape index (κ3) is 3.85. The van der Waals surface area contributed by atoms with Gasteiger partial charge in [0, 0.05) is 38.3 Å². The Balaban J connectivity index is 1.52. The Kier molecular flexibility index (Phi) is 4.94. The third-order valence-electron chi connectivity index (χ3n) is 5.25. The lowest BCUT2D eigenvalue weighted by Gasteiger charge is -2.38. The molecule has 2 aliphatic rings. The Morgan fingerprint density at radius 2 is 1.95 bits per heavy atom. The lowest BCUT2D eigenvalue weighted by molar-refractivity contribution is 0.114. The van der Waals surface area contributed by atoms with Gasteiger partial charge in [-0.15, -0.1) is 0 Å². The zero-order valence-corrected chi connectivity index (χ0v) is 13.2. The van der Waals surface area contributed by atoms with Gasteiger partial charge in [0.15, 0.2) is 0 Å². The van der Waals surface area contributed by atoms with Gasteiger partial charge in [0.1, 0.15) is 0 Å². The van der Waals surface area contributed by atoms with Gasteiger partial charge in [0.05, 0.1) is 0 Å². The summed E-state index contributed by atoms with van der Waals surface area (Å²) in [6.07, 6.45) is 3.95. The molecule has 3 nitrogen and oxygen atoms in total. The maximum Gasteiger partial charge on any atom is 0.0235 e. The fourth-order valence-electron chi connectivity index (χ4n) is 3.90. The minimum Gasteiger partial charge on any atom is -0.328 e. The van der Waals surface area contributed by atoms with Gasteiger partial charge < -0.3 is 5.73 Å². The van der Waals surface area contributed by atoms with E-state index in [2.05, 4.69) is 47.1 Å². The molecule has 1 aromatic rings. The summed E-state index contributed by atoms with van der Waals surface area (Å²) < 4.78 is 0. The Labute approximate surface area is 129 Å². The molecule has 2 saturated heterocycles. The molecule has 0 bridgehead atoms. The second-order valence-corrected chi connectivity index (χ2v) is 6.92. The SMILES string of the molecule is CC(N)C1CCCN(C2CCN(Cc3ccccc3)C2)C1. The first-order valence-electron chi connectivity index (χ1n) is 8.48. The number of hydrogen-bond acceptors (Lipinski definition) is 3. The number of piperidine rings is 1. The van der Waals surface area contributed by atoms with Crippen molar-refractivity contribution in [3.8, 4) is 0 Å². The van der Waals surface area contributed by atoms with Gasteiger partial charge in [-0.2, -0.15) is 0 Å². The smallest absolute Gasteiger partial charge is 0.0235 e. The van der Waals surface area contributed by atoms with Crippen LogP contribution in [-0.2, 0) is 6.54 Å². The number of nitrogens with two attached hydrogens (primary N) is 1. The third-order valence-corrected chi connectivity index (χ3v) is 5.25. The Hall–Kier alpha value is -0.900. The molecule has 116 valence electrons. The highest BCUT2D eigenvalue weighted by atomic mass is 15.3. The fraction of sp³-hybridized carbons (Fsp3) is 0.667. The van der Waals surface area contributed by atoms with Crippen molar-refractivity contribution < 1.29 is 0 Å². The molecule has 0 saturated carbocycles. The van der Waals surface area contributed by atoms with Crippen molar-refractivity contribution in [2.24, 2.45) is 11.7 Å². The second kappa shape index (κ2) is 6.91. The summed E-state index contributed by atoms with van der Waals surface area (Å²) in [6, 6.07) is 11.9. The van der Waals surface area contributed by atoms with E-state index in [1.165, 1.54) is 51.0 Å². The molecule has 2 heterocycles. The minimum absolute atomic E-state index is 0.342. The average molecular weight is 287 g/mol. The number of rotatable bonds is 4. The van der Waals surface area contributed by atoms with Crippen LogP contribution >= 0.6 is 0 Å². The maximum atomic E-state index is 6.12. The Morgan fingerprint density at radius 1 is 1.14 bits per heavy atom. The second-order valence-electron chi connectivity index (χ2n) is 6.92. The molecule has 2 N–H and O–H groups in total. The lowest BCUT2D eigenvalue weighted by Crippen LogP contribution is -2.47. The topological polar surface area (TPSA) is 32.5 Å². The molecular weight excluding hydrogens is 258 g/mol. The highest BCUT2D eigenvalue weighted by molar-refractivity contribution is 5.14. The van der Waals surface area contributed by atoms with Crippen molar-refractivity contribution in [3.05, 3.63) is 35.9 Å². The standard InChI is InChI=1S/C18H29N3/c1-15(19)17-8-5-10-21(13-17)18-9-11-20(14-18)12-16-6-3-2-4-7-16/h2-4,6-7,15,17-18H,5,8-14,19H2,1H3. The Bertz CT molecular complexity index is 431. The van der Waals surface area contributed by atoms with Crippen LogP contribution in [0.5, 0.6) is 0 Å². The van der Waals surface area contributed by atoms with Crippen molar-refractivity contribution in [1.29, 1.82) is 0 Å². The first-order valence-corrected chi connectivity index (χ1v) is 8.48. The van der Waals surface area contributed by atoms with Gasteiger partial charge in [-0.05, 0) is 44.2 Å². The molecule has 0 amide bonds. The summed E-state index contributed by atoms with van der Waals surface area (Å²) in [5.41, 5.74) is 7.56. The van der Waals surface area contributed by atoms with E-state index < -0.39 is 0 Å². The highest BCUT2D eigenvalue weighted by Crippen LogP contribution is 2.25. The molecule has 3 atom stereocenters. The van der Waals surface area contributed by atoms with Crippen LogP contribution in [0.4, 0.5) is 0 Å². The molecular formula is C18H29N3. The van der Waals surface area contributed by atoms with Crippen LogP contribution in [0.2, 0.25) is 0 Å². The summed E-state index contributed by atoms with van der Waals surface area (Å²) in [5, 5.41) is 0. The summed E-state index contributed by atoms with van der Waals surface area (Å²) in [6.45, 7) is 8.21. The van der Waals surface area contributed by atoms with Crippen LogP contribution in [-0.4, -0.2) is 48.1 Å². The molecule has 3 unspecified atom stereocenters. The summed E-state index contributed by atoms with van der Waals surface area (Å²) in [5.74, 6) is 0.696. The van der Waals surface area contributed by atoms with E-state index in [1.807, 2.05) is 0 Å². The average Bonchev–Trinajstić information content (AvgIpc) is 2.97. The normalized spacial score (nSPS) is 29.6. The molecule has 0 aromatic heterocycles. The zero-order chi connectivity index (χ0) is 14.7. The molecule has 3 heteroatoms. The van der Waals surface area contributed by atoms with Gasteiger partial charge in [-0.1, -0.05) is 30.3 Å². The highest BCUT2D eigenvalue weighted by Gasteiger charge is 2.31. The minimum atomic E-state index is 0.342. The first kappa shape index (κ1) is 15.0. The van der Waals surface area contributed by atoms with Crippen molar-refractivity contribution in [2.75, 3.05) is 26.2 Å². The number of hydrogen-bond donors (Lipinski definition) is 1. The van der Waals surface area contributed by atoms with Crippen molar-refractivity contribution in [2.45, 2.75) is 44.8 Å². The van der Waals surface area contributed by atoms with Gasteiger partial charge in [0.25, 0.3) is 0 Å². The van der Waals surface area contributed by atoms with Gasteiger partial charge >= 0.3 is 0 Å². The largest absolute Gasteiger partial charge is 0.328 e. The Morgan fingerprint density at radius 3 is 2.71 bits per heavy atom. The van der Waals surface area contributed by atoms with Crippen molar-refractivity contribution in [3.63, 3.8) is 0 Å². The molecule has 2 fully saturated rings. The molecule has 21 heavy (non-hydrogen) atoms. The predicted octanol–water partition coefficient (Wildman–Crippen LogP) is 2.32. The monoisotopic (exact) mass is 287 g/mol. The lowest BCUT2D eigenvalue weighted by atomic mass is 9.91. The molecule has 0 spiro atoms. The van der Waals surface area contributed by atoms with E-state index in [9.17, 15) is 0 Å². The van der Waals surface area contributed by atoms with E-state index in [0.717, 1.165) is 12.6 Å². The van der Waals surface area contributed by atoms with Crippen molar-refractivity contribution in [1.82, 2.24) is 9.80 Å². The quantitative estimate of drug-likeness (QED) is 0.922. The predicted molar refractivity (Wildman–Crippen MR) is 88.1 cm³/mol. The van der Waals surface area contributed by atoms with Crippen LogP contribution < -0.4 is 5.73 Å². The summed E-state index contributed by atoms with van der Waals surface area (Å²) in [4.78, 5) is 5.32. The van der Waals surface area contributed by atoms with E-state index in [0.29, 0.717) is 12.0 Å². The van der Waals surface area contributed by atoms with E-state index >= 15 is 0 Å². The van der Waals surface area contributed by atoms with E-state index in [1.54, 1.807) is 0 Å². The fourth-order valence-corrected chi connectivity index (χ4v) is 3.90. The van der Waals surface area contributed by atoms with Crippen LogP contribution in [0.1, 0.15) is 31.7 Å². The molecule has 3 rings (SSSR count). The van der Waals surface area contributed by atoms with Crippen LogP contribution in [0.15, 0.2) is 30.3 Å². The van der Waals surface area contributed by atoms with Crippen LogP contribution in [0.3, 0.4) is 0 Å². The van der Waals surface area contributed by atoms with Gasteiger partial charge in [0.2, 0.25) is 0 Å². The maximum absolute atomic E-state index is 6.12. The van der Waals surface area contributed by atoms with Gasteiger partial charge in [-0.3, -0.25) is 9.80 Å². The number of nitrogens with zero attached hydrogens (tertiary/aromatic N) is 2. The summed E-state index contributed by atoms with van der Waals surface area (Å²) in [7, 11) is 0. The number of benzene rings is 1. The van der Waals surface area contributed by atoms with E-state index in [-0.39, 0.29) is 0 Å². The number of likely N-dealkylation sites (tertiary alicyclic amines) is 2. The summed E-state index contributed by atoms with van der Waals surface area (Å²) >= 11 is 0. The molecule has 2 aliphatic heterocycles. The van der Waals surface area contributed by atoms with E-state index in [4.69, 9.17) is 5.73 Å². The molecule has 1 aromatic carbocycles. The van der Waals surface area contributed by atoms with Crippen molar-refractivity contribution >= 4 is 0 Å². The zero-order valence-electron chi connectivity index (χ0n) is 13.2. The van der Waals surface area contributed by atoms with Gasteiger partial charge in [-0.25, -0.2) is 0 Å². The first-order chi connectivity index (χ1) is 10.2. The molecule has 0 radical (unpaired) electrons.